The first-order valence-electron chi connectivity index (χ1n) is 6.04. The molecule has 0 radical (unpaired) electrons. The minimum Gasteiger partial charge on any atom is -0.421 e. The van der Waals surface area contributed by atoms with Crippen LogP contribution in [0.3, 0.4) is 0 Å². The van der Waals surface area contributed by atoms with E-state index in [0.717, 1.165) is 5.69 Å². The zero-order valence-corrected chi connectivity index (χ0v) is 11.1. The van der Waals surface area contributed by atoms with Gasteiger partial charge in [-0.15, -0.1) is 5.10 Å². The van der Waals surface area contributed by atoms with Crippen LogP contribution in [0.2, 0.25) is 5.02 Å². The van der Waals surface area contributed by atoms with E-state index in [0.29, 0.717) is 28.4 Å². The van der Waals surface area contributed by atoms with Gasteiger partial charge in [-0.3, -0.25) is 0 Å². The molecule has 1 aromatic carbocycles. The van der Waals surface area contributed by atoms with Gasteiger partial charge in [-0.05, 0) is 18.2 Å². The summed E-state index contributed by atoms with van der Waals surface area (Å²) in [6, 6.07) is 11.4. The molecule has 0 aliphatic carbocycles. The highest BCUT2D eigenvalue weighted by Gasteiger charge is 2.08. The number of aryl methyl sites for hydroxylation is 1. The molecule has 96 valence electrons. The summed E-state index contributed by atoms with van der Waals surface area (Å²) in [5, 5.41) is 4.90. The lowest BCUT2D eigenvalue weighted by Gasteiger charge is -2.00. The van der Waals surface area contributed by atoms with E-state index >= 15 is 0 Å². The van der Waals surface area contributed by atoms with Gasteiger partial charge in [0, 0.05) is 12.6 Å². The molecule has 0 bridgehead atoms. The van der Waals surface area contributed by atoms with Crippen LogP contribution in [-0.2, 0) is 6.42 Å². The lowest BCUT2D eigenvalue weighted by molar-refractivity contribution is 0.417. The monoisotopic (exact) mass is 273 g/mol. The van der Waals surface area contributed by atoms with Gasteiger partial charge in [0.2, 0.25) is 11.4 Å². The lowest BCUT2D eigenvalue weighted by atomic mass is 10.3. The van der Waals surface area contributed by atoms with Crippen LogP contribution in [0.5, 0.6) is 0 Å². The summed E-state index contributed by atoms with van der Waals surface area (Å²) in [6.45, 7) is 1.98. The zero-order chi connectivity index (χ0) is 13.2. The lowest BCUT2D eigenvalue weighted by Crippen LogP contribution is -2.11. The van der Waals surface area contributed by atoms with E-state index in [-0.39, 0.29) is 0 Å². The van der Waals surface area contributed by atoms with Gasteiger partial charge in [-0.2, -0.15) is 0 Å². The maximum absolute atomic E-state index is 6.16. The Hall–Kier alpha value is -2.07. The molecule has 0 amide bonds. The van der Waals surface area contributed by atoms with Crippen molar-refractivity contribution in [3.8, 4) is 0 Å². The van der Waals surface area contributed by atoms with Gasteiger partial charge in [0.05, 0.1) is 10.7 Å². The first kappa shape index (κ1) is 12.0. The highest BCUT2D eigenvalue weighted by molar-refractivity contribution is 6.33. The maximum Gasteiger partial charge on any atom is 0.249 e. The van der Waals surface area contributed by atoms with E-state index in [4.69, 9.17) is 16.0 Å². The molecule has 4 nitrogen and oxygen atoms in total. The van der Waals surface area contributed by atoms with Crippen molar-refractivity contribution in [2.75, 3.05) is 0 Å². The largest absolute Gasteiger partial charge is 0.421 e. The van der Waals surface area contributed by atoms with Crippen molar-refractivity contribution < 1.29 is 4.42 Å². The number of halogens is 1. The summed E-state index contributed by atoms with van der Waals surface area (Å²) in [5.41, 5.74) is 1.98. The van der Waals surface area contributed by atoms with Crippen molar-refractivity contribution in [3.63, 3.8) is 0 Å². The SMILES string of the molecule is CCc1nn2ccc(Cl)c2c(=Nc2ccccc2)o1. The molecule has 3 aromatic rings. The minimum absolute atomic E-state index is 0.480. The quantitative estimate of drug-likeness (QED) is 0.718. The van der Waals surface area contributed by atoms with Crippen molar-refractivity contribution in [1.82, 2.24) is 9.61 Å². The van der Waals surface area contributed by atoms with Crippen molar-refractivity contribution >= 4 is 22.8 Å². The Morgan fingerprint density at radius 2 is 2.05 bits per heavy atom. The van der Waals surface area contributed by atoms with E-state index in [1.807, 2.05) is 37.3 Å². The molecule has 19 heavy (non-hydrogen) atoms. The Bertz CT molecular complexity index is 774. The minimum atomic E-state index is 0.480. The highest BCUT2D eigenvalue weighted by atomic mass is 35.5. The highest BCUT2D eigenvalue weighted by Crippen LogP contribution is 2.16. The number of para-hydroxylation sites is 1. The number of aromatic nitrogens is 2. The van der Waals surface area contributed by atoms with Crippen molar-refractivity contribution in [1.29, 1.82) is 0 Å². The molecule has 0 aliphatic heterocycles. The van der Waals surface area contributed by atoms with Crippen molar-refractivity contribution in [3.05, 3.63) is 59.1 Å². The van der Waals surface area contributed by atoms with Gasteiger partial charge < -0.3 is 4.42 Å². The topological polar surface area (TPSA) is 42.8 Å². The summed E-state index contributed by atoms with van der Waals surface area (Å²) >= 11 is 6.16. The summed E-state index contributed by atoms with van der Waals surface area (Å²) < 4.78 is 7.40. The molecule has 2 heterocycles. The predicted octanol–water partition coefficient (Wildman–Crippen LogP) is 3.38. The number of benzene rings is 1. The Labute approximate surface area is 115 Å². The molecule has 5 heteroatoms. The van der Waals surface area contributed by atoms with E-state index in [1.54, 1.807) is 16.8 Å². The fraction of sp³-hybridized carbons (Fsp3) is 0.143. The molecule has 0 saturated carbocycles. The average Bonchev–Trinajstić information content (AvgIpc) is 2.81. The van der Waals surface area contributed by atoms with Crippen molar-refractivity contribution in [2.45, 2.75) is 13.3 Å². The molecule has 0 fully saturated rings. The first-order valence-corrected chi connectivity index (χ1v) is 6.42. The van der Waals surface area contributed by atoms with Crippen LogP contribution in [-0.4, -0.2) is 9.61 Å². The first-order chi connectivity index (χ1) is 9.28. The fourth-order valence-electron chi connectivity index (χ4n) is 1.82. The third-order valence-corrected chi connectivity index (χ3v) is 3.05. The van der Waals surface area contributed by atoms with Gasteiger partial charge >= 0.3 is 0 Å². The summed E-state index contributed by atoms with van der Waals surface area (Å²) in [4.78, 5) is 4.50. The third kappa shape index (κ3) is 2.27. The van der Waals surface area contributed by atoms with E-state index in [9.17, 15) is 0 Å². The standard InChI is InChI=1S/C14H12ClN3O/c1-2-12-17-18-9-8-11(15)13(18)14(19-12)16-10-6-4-3-5-7-10/h3-9H,2H2,1H3. The Kier molecular flexibility index (Phi) is 3.09. The average molecular weight is 274 g/mol. The van der Waals surface area contributed by atoms with Gasteiger partial charge in [0.1, 0.15) is 5.52 Å². The molecule has 2 aromatic heterocycles. The van der Waals surface area contributed by atoms with Crippen LogP contribution < -0.4 is 5.55 Å². The number of rotatable bonds is 2. The summed E-state index contributed by atoms with van der Waals surface area (Å²) in [6.07, 6.45) is 2.50. The Morgan fingerprint density at radius 3 is 2.79 bits per heavy atom. The van der Waals surface area contributed by atoms with Crippen LogP contribution in [0, 0.1) is 0 Å². The van der Waals surface area contributed by atoms with Gasteiger partial charge in [0.25, 0.3) is 0 Å². The molecule has 0 atom stereocenters. The molecular formula is C14H12ClN3O. The summed E-state index contributed by atoms with van der Waals surface area (Å²) in [7, 11) is 0. The molecule has 3 rings (SSSR count). The Balaban J connectivity index is 2.32. The molecule has 0 spiro atoms. The molecule has 0 saturated heterocycles. The number of hydrogen-bond donors (Lipinski definition) is 0. The second-order valence-electron chi connectivity index (χ2n) is 4.06. The maximum atomic E-state index is 6.16. The normalized spacial score (nSPS) is 12.2. The number of nitrogens with zero attached hydrogens (tertiary/aromatic N) is 3. The molecule has 0 N–H and O–H groups in total. The van der Waals surface area contributed by atoms with Gasteiger partial charge in [0.15, 0.2) is 0 Å². The number of fused-ring (bicyclic) bond motifs is 1. The number of hydrogen-bond acceptors (Lipinski definition) is 3. The third-order valence-electron chi connectivity index (χ3n) is 2.74. The van der Waals surface area contributed by atoms with E-state index in [1.165, 1.54) is 0 Å². The smallest absolute Gasteiger partial charge is 0.249 e. The van der Waals surface area contributed by atoms with Crippen LogP contribution in [0.25, 0.3) is 5.52 Å². The second kappa shape index (κ2) is 4.90. The van der Waals surface area contributed by atoms with E-state index < -0.39 is 0 Å². The molecular weight excluding hydrogens is 262 g/mol. The van der Waals surface area contributed by atoms with Crippen molar-refractivity contribution in [2.24, 2.45) is 4.99 Å². The molecule has 0 unspecified atom stereocenters. The zero-order valence-electron chi connectivity index (χ0n) is 10.4. The Morgan fingerprint density at radius 1 is 1.26 bits per heavy atom. The van der Waals surface area contributed by atoms with Gasteiger partial charge in [-0.25, -0.2) is 9.51 Å². The summed E-state index contributed by atoms with van der Waals surface area (Å²) in [5.74, 6) is 0.620. The van der Waals surface area contributed by atoms with Gasteiger partial charge in [-0.1, -0.05) is 36.7 Å². The van der Waals surface area contributed by atoms with Crippen LogP contribution >= 0.6 is 11.6 Å². The van der Waals surface area contributed by atoms with Crippen LogP contribution in [0.15, 0.2) is 52.0 Å². The second-order valence-corrected chi connectivity index (χ2v) is 4.47. The van der Waals surface area contributed by atoms with Crippen LogP contribution in [0.4, 0.5) is 5.69 Å². The predicted molar refractivity (Wildman–Crippen MR) is 73.5 cm³/mol. The van der Waals surface area contributed by atoms with E-state index in [2.05, 4.69) is 10.1 Å². The van der Waals surface area contributed by atoms with Crippen LogP contribution in [0.1, 0.15) is 12.8 Å². The molecule has 0 aliphatic rings. The fourth-order valence-corrected chi connectivity index (χ4v) is 2.05.